The van der Waals surface area contributed by atoms with Crippen LogP contribution in [-0.2, 0) is 26.3 Å². The minimum absolute atomic E-state index is 0.463. The summed E-state index contributed by atoms with van der Waals surface area (Å²) in [5.74, 6) is 1.52. The standard InChI is InChI=1S/C19H25N7/c1-24-16(5-9-20-24)8-12-25-10-6-14(7-11-25)19-22-21-18-13-15-3-2-4-17(15)23-26(18)19/h5,9,13-14H,2-4,6-8,10-12H2,1H3. The lowest BCUT2D eigenvalue weighted by Crippen LogP contribution is -2.35. The van der Waals surface area contributed by atoms with Crippen molar-refractivity contribution >= 4 is 5.65 Å². The Morgan fingerprint density at radius 3 is 2.85 bits per heavy atom. The number of aromatic nitrogens is 6. The lowest BCUT2D eigenvalue weighted by Gasteiger charge is -2.31. The van der Waals surface area contributed by atoms with Gasteiger partial charge in [0.05, 0.1) is 5.69 Å². The van der Waals surface area contributed by atoms with E-state index in [9.17, 15) is 0 Å². The van der Waals surface area contributed by atoms with Gasteiger partial charge in [-0.05, 0) is 62.9 Å². The van der Waals surface area contributed by atoms with Crippen molar-refractivity contribution in [2.24, 2.45) is 7.05 Å². The van der Waals surface area contributed by atoms with Gasteiger partial charge >= 0.3 is 0 Å². The van der Waals surface area contributed by atoms with Crippen LogP contribution >= 0.6 is 0 Å². The Labute approximate surface area is 153 Å². The van der Waals surface area contributed by atoms with Gasteiger partial charge in [0.15, 0.2) is 11.5 Å². The van der Waals surface area contributed by atoms with Gasteiger partial charge in [0.25, 0.3) is 0 Å². The summed E-state index contributed by atoms with van der Waals surface area (Å²) >= 11 is 0. The van der Waals surface area contributed by atoms with E-state index in [1.54, 1.807) is 0 Å². The van der Waals surface area contributed by atoms with Crippen molar-refractivity contribution < 1.29 is 0 Å². The highest BCUT2D eigenvalue weighted by molar-refractivity contribution is 5.43. The van der Waals surface area contributed by atoms with E-state index >= 15 is 0 Å². The monoisotopic (exact) mass is 351 g/mol. The van der Waals surface area contributed by atoms with Crippen molar-refractivity contribution in [3.05, 3.63) is 41.1 Å². The summed E-state index contributed by atoms with van der Waals surface area (Å²) in [6.07, 6.45) is 8.64. The largest absolute Gasteiger partial charge is 0.303 e. The van der Waals surface area contributed by atoms with E-state index in [1.165, 1.54) is 23.4 Å². The summed E-state index contributed by atoms with van der Waals surface area (Å²) in [4.78, 5) is 2.55. The zero-order valence-electron chi connectivity index (χ0n) is 15.3. The number of rotatable bonds is 4. The van der Waals surface area contributed by atoms with Crippen molar-refractivity contribution in [1.82, 2.24) is 34.5 Å². The molecule has 26 heavy (non-hydrogen) atoms. The van der Waals surface area contributed by atoms with Gasteiger partial charge in [-0.3, -0.25) is 4.68 Å². The van der Waals surface area contributed by atoms with Crippen LogP contribution in [0.1, 0.15) is 48.0 Å². The third-order valence-electron chi connectivity index (χ3n) is 6.00. The molecule has 2 aliphatic rings. The number of aryl methyl sites for hydroxylation is 3. The molecular weight excluding hydrogens is 326 g/mol. The molecule has 1 aliphatic heterocycles. The van der Waals surface area contributed by atoms with Gasteiger partial charge in [-0.2, -0.15) is 14.7 Å². The predicted molar refractivity (Wildman–Crippen MR) is 98.1 cm³/mol. The highest BCUT2D eigenvalue weighted by Crippen LogP contribution is 2.28. The molecule has 0 amide bonds. The molecule has 0 radical (unpaired) electrons. The minimum atomic E-state index is 0.463. The van der Waals surface area contributed by atoms with Crippen LogP contribution in [0.4, 0.5) is 0 Å². The van der Waals surface area contributed by atoms with E-state index in [2.05, 4.69) is 32.3 Å². The molecule has 3 aromatic rings. The van der Waals surface area contributed by atoms with Crippen LogP contribution in [0.15, 0.2) is 18.3 Å². The Morgan fingerprint density at radius 1 is 1.15 bits per heavy atom. The molecule has 4 heterocycles. The first kappa shape index (κ1) is 15.9. The Kier molecular flexibility index (Phi) is 3.96. The summed E-state index contributed by atoms with van der Waals surface area (Å²) < 4.78 is 3.99. The maximum absolute atomic E-state index is 4.86. The molecular formula is C19H25N7. The fourth-order valence-corrected chi connectivity index (χ4v) is 4.38. The van der Waals surface area contributed by atoms with Crippen molar-refractivity contribution in [1.29, 1.82) is 0 Å². The molecule has 0 bridgehead atoms. The van der Waals surface area contributed by atoms with E-state index in [0.717, 1.165) is 63.2 Å². The number of nitrogens with zero attached hydrogens (tertiary/aromatic N) is 7. The average molecular weight is 351 g/mol. The van der Waals surface area contributed by atoms with Crippen LogP contribution in [0.3, 0.4) is 0 Å². The zero-order valence-corrected chi connectivity index (χ0v) is 15.3. The summed E-state index contributed by atoms with van der Waals surface area (Å²) in [6, 6.07) is 4.30. The van der Waals surface area contributed by atoms with Crippen LogP contribution in [0.5, 0.6) is 0 Å². The van der Waals surface area contributed by atoms with Gasteiger partial charge in [0.1, 0.15) is 0 Å². The third kappa shape index (κ3) is 2.80. The topological polar surface area (TPSA) is 64.1 Å². The molecule has 0 spiro atoms. The quantitative estimate of drug-likeness (QED) is 0.717. The Morgan fingerprint density at radius 2 is 2.04 bits per heavy atom. The maximum Gasteiger partial charge on any atom is 0.178 e. The highest BCUT2D eigenvalue weighted by atomic mass is 15.4. The van der Waals surface area contributed by atoms with E-state index in [0.29, 0.717) is 5.92 Å². The number of fused-ring (bicyclic) bond motifs is 2. The molecule has 0 saturated carbocycles. The first-order valence-corrected chi connectivity index (χ1v) is 9.71. The van der Waals surface area contributed by atoms with Gasteiger partial charge in [0.2, 0.25) is 0 Å². The molecule has 5 rings (SSSR count). The van der Waals surface area contributed by atoms with Gasteiger partial charge in [-0.1, -0.05) is 0 Å². The molecule has 0 N–H and O–H groups in total. The van der Waals surface area contributed by atoms with Gasteiger partial charge < -0.3 is 4.90 Å². The Bertz CT molecular complexity index is 917. The fourth-order valence-electron chi connectivity index (χ4n) is 4.38. The molecule has 3 aromatic heterocycles. The van der Waals surface area contributed by atoms with Gasteiger partial charge in [-0.25, -0.2) is 0 Å². The van der Waals surface area contributed by atoms with Crippen molar-refractivity contribution in [2.45, 2.75) is 44.4 Å². The van der Waals surface area contributed by atoms with E-state index in [1.807, 2.05) is 22.4 Å². The van der Waals surface area contributed by atoms with Crippen LogP contribution in [0.2, 0.25) is 0 Å². The Hall–Kier alpha value is -2.28. The summed E-state index contributed by atoms with van der Waals surface area (Å²) in [7, 11) is 2.02. The number of hydrogen-bond donors (Lipinski definition) is 0. The van der Waals surface area contributed by atoms with Gasteiger partial charge in [0, 0.05) is 37.8 Å². The number of likely N-dealkylation sites (tertiary alicyclic amines) is 1. The molecule has 1 saturated heterocycles. The molecule has 0 aromatic carbocycles. The summed E-state index contributed by atoms with van der Waals surface area (Å²) in [5, 5.41) is 18.0. The summed E-state index contributed by atoms with van der Waals surface area (Å²) in [6.45, 7) is 3.32. The SMILES string of the molecule is Cn1nccc1CCN1CCC(c2nnc3cc4c(nn23)CCC4)CC1. The van der Waals surface area contributed by atoms with Crippen molar-refractivity contribution in [3.8, 4) is 0 Å². The fraction of sp³-hybridized carbons (Fsp3) is 0.579. The van der Waals surface area contributed by atoms with Crippen LogP contribution in [0.25, 0.3) is 5.65 Å². The smallest absolute Gasteiger partial charge is 0.178 e. The predicted octanol–water partition coefficient (Wildman–Crippen LogP) is 1.77. The second-order valence-corrected chi connectivity index (χ2v) is 7.61. The molecule has 7 heteroatoms. The highest BCUT2D eigenvalue weighted by Gasteiger charge is 2.26. The number of hydrogen-bond acceptors (Lipinski definition) is 5. The van der Waals surface area contributed by atoms with E-state index in [-0.39, 0.29) is 0 Å². The lowest BCUT2D eigenvalue weighted by atomic mass is 9.96. The first-order chi connectivity index (χ1) is 12.8. The molecule has 1 aliphatic carbocycles. The Balaban J connectivity index is 1.25. The molecule has 136 valence electrons. The molecule has 0 atom stereocenters. The van der Waals surface area contributed by atoms with Gasteiger partial charge in [-0.15, -0.1) is 10.2 Å². The average Bonchev–Trinajstić information content (AvgIpc) is 3.38. The molecule has 0 unspecified atom stereocenters. The lowest BCUT2D eigenvalue weighted by molar-refractivity contribution is 0.209. The summed E-state index contributed by atoms with van der Waals surface area (Å²) in [5.41, 5.74) is 4.82. The van der Waals surface area contributed by atoms with Crippen molar-refractivity contribution in [3.63, 3.8) is 0 Å². The first-order valence-electron chi connectivity index (χ1n) is 9.71. The normalized spacial score (nSPS) is 18.7. The van der Waals surface area contributed by atoms with E-state index in [4.69, 9.17) is 5.10 Å². The van der Waals surface area contributed by atoms with Crippen LogP contribution < -0.4 is 0 Å². The maximum atomic E-state index is 4.86. The second kappa shape index (κ2) is 6.46. The van der Waals surface area contributed by atoms with E-state index < -0.39 is 0 Å². The molecule has 1 fully saturated rings. The van der Waals surface area contributed by atoms with Crippen LogP contribution in [0, 0.1) is 0 Å². The second-order valence-electron chi connectivity index (χ2n) is 7.61. The number of piperidine rings is 1. The zero-order chi connectivity index (χ0) is 17.5. The van der Waals surface area contributed by atoms with Crippen molar-refractivity contribution in [2.75, 3.05) is 19.6 Å². The molecule has 7 nitrogen and oxygen atoms in total. The third-order valence-corrected chi connectivity index (χ3v) is 6.00. The van der Waals surface area contributed by atoms with Crippen LogP contribution in [-0.4, -0.2) is 54.1 Å². The minimum Gasteiger partial charge on any atom is -0.303 e.